The normalized spacial score (nSPS) is 13.3. The summed E-state index contributed by atoms with van der Waals surface area (Å²) in [6.45, 7) is 1.34. The first-order valence-electron chi connectivity index (χ1n) is 4.45. The first-order chi connectivity index (χ1) is 7.72. The monoisotopic (exact) mass is 286 g/mol. The van der Waals surface area contributed by atoms with Crippen LogP contribution in [0.3, 0.4) is 0 Å². The van der Waals surface area contributed by atoms with E-state index in [1.807, 2.05) is 0 Å². The number of benzene rings is 1. The van der Waals surface area contributed by atoms with Gasteiger partial charge in [0.2, 0.25) is 0 Å². The van der Waals surface area contributed by atoms with Crippen LogP contribution in [0, 0.1) is 0 Å². The summed E-state index contributed by atoms with van der Waals surface area (Å²) in [5.74, 6) is -1.38. The van der Waals surface area contributed by atoms with E-state index in [0.29, 0.717) is 0 Å². The smallest absolute Gasteiger partial charge is 0.405 e. The lowest BCUT2D eigenvalue weighted by atomic mass is 10.1. The Labute approximate surface area is 105 Å². The molecule has 1 atom stereocenters. The highest BCUT2D eigenvalue weighted by Gasteiger charge is 2.34. The number of halogens is 5. The number of rotatable bonds is 3. The van der Waals surface area contributed by atoms with Crippen LogP contribution in [0.1, 0.15) is 17.3 Å². The van der Waals surface area contributed by atoms with Gasteiger partial charge in [-0.15, -0.1) is 24.8 Å². The van der Waals surface area contributed by atoms with Crippen LogP contribution in [0.2, 0.25) is 5.02 Å². The van der Waals surface area contributed by atoms with Gasteiger partial charge in [0.05, 0.1) is 16.0 Å². The van der Waals surface area contributed by atoms with Gasteiger partial charge in [-0.05, 0) is 19.1 Å². The van der Waals surface area contributed by atoms with Crippen LogP contribution in [-0.4, -0.2) is 17.5 Å². The van der Waals surface area contributed by atoms with Crippen LogP contribution < -0.4 is 4.74 Å². The topological polar surface area (TPSA) is 26.3 Å². The SMILES string of the molecule is CC(Cl)C(=O)c1c(Cl)cccc1OC(F)(F)F. The molecule has 0 spiro atoms. The molecule has 1 rings (SSSR count). The minimum absolute atomic E-state index is 0.135. The third-order valence-corrected chi connectivity index (χ3v) is 2.32. The van der Waals surface area contributed by atoms with Crippen LogP contribution in [-0.2, 0) is 0 Å². The Bertz CT molecular complexity index is 430. The van der Waals surface area contributed by atoms with E-state index < -0.39 is 23.3 Å². The summed E-state index contributed by atoms with van der Waals surface area (Å²) in [5, 5.41) is -1.13. The van der Waals surface area contributed by atoms with Gasteiger partial charge in [-0.25, -0.2) is 0 Å². The molecule has 17 heavy (non-hydrogen) atoms. The van der Waals surface area contributed by atoms with Crippen LogP contribution >= 0.6 is 23.2 Å². The Morgan fingerprint density at radius 2 is 2.00 bits per heavy atom. The van der Waals surface area contributed by atoms with Crippen molar-refractivity contribution in [2.75, 3.05) is 0 Å². The fourth-order valence-corrected chi connectivity index (χ4v) is 1.52. The standard InChI is InChI=1S/C10H7Cl2F3O2/c1-5(11)9(16)8-6(12)3-2-4-7(8)17-10(13,14)15/h2-5H,1H3. The van der Waals surface area contributed by atoms with E-state index in [-0.39, 0.29) is 10.6 Å². The molecule has 0 fully saturated rings. The van der Waals surface area contributed by atoms with Crippen molar-refractivity contribution in [1.29, 1.82) is 0 Å². The molecule has 0 radical (unpaired) electrons. The molecule has 7 heteroatoms. The summed E-state index contributed by atoms with van der Waals surface area (Å²) in [4.78, 5) is 11.6. The number of hydrogen-bond donors (Lipinski definition) is 0. The van der Waals surface area contributed by atoms with Gasteiger partial charge in [0.1, 0.15) is 5.75 Å². The molecule has 1 aromatic rings. The van der Waals surface area contributed by atoms with Crippen molar-refractivity contribution < 1.29 is 22.7 Å². The van der Waals surface area contributed by atoms with E-state index in [0.717, 1.165) is 6.07 Å². The number of Topliss-reactive ketones (excluding diaryl/α,β-unsaturated/α-hetero) is 1. The molecule has 0 aliphatic carbocycles. The Morgan fingerprint density at radius 3 is 2.47 bits per heavy atom. The first kappa shape index (κ1) is 14.1. The van der Waals surface area contributed by atoms with Gasteiger partial charge in [0.15, 0.2) is 5.78 Å². The second-order valence-electron chi connectivity index (χ2n) is 3.14. The van der Waals surface area contributed by atoms with Crippen LogP contribution in [0.5, 0.6) is 5.75 Å². The molecule has 1 aromatic carbocycles. The van der Waals surface area contributed by atoms with E-state index >= 15 is 0 Å². The molecule has 0 amide bonds. The van der Waals surface area contributed by atoms with E-state index in [1.54, 1.807) is 0 Å². The Balaban J connectivity index is 3.22. The molecule has 0 aliphatic heterocycles. The highest BCUT2D eigenvalue weighted by atomic mass is 35.5. The van der Waals surface area contributed by atoms with Crippen molar-refractivity contribution in [2.45, 2.75) is 18.7 Å². The predicted octanol–water partition coefficient (Wildman–Crippen LogP) is 4.05. The lowest BCUT2D eigenvalue weighted by molar-refractivity contribution is -0.274. The highest BCUT2D eigenvalue weighted by molar-refractivity contribution is 6.39. The number of alkyl halides is 4. The van der Waals surface area contributed by atoms with Gasteiger partial charge in [-0.1, -0.05) is 17.7 Å². The van der Waals surface area contributed by atoms with Crippen molar-refractivity contribution in [3.63, 3.8) is 0 Å². The molecule has 0 N–H and O–H groups in total. The largest absolute Gasteiger partial charge is 0.573 e. The lowest BCUT2D eigenvalue weighted by Gasteiger charge is -2.14. The quantitative estimate of drug-likeness (QED) is 0.619. The van der Waals surface area contributed by atoms with Gasteiger partial charge < -0.3 is 4.74 Å². The first-order valence-corrected chi connectivity index (χ1v) is 5.26. The third-order valence-electron chi connectivity index (χ3n) is 1.81. The highest BCUT2D eigenvalue weighted by Crippen LogP contribution is 2.32. The molecular weight excluding hydrogens is 280 g/mol. The summed E-state index contributed by atoms with van der Waals surface area (Å²) < 4.78 is 40.0. The average Bonchev–Trinajstić information content (AvgIpc) is 2.14. The van der Waals surface area contributed by atoms with Crippen LogP contribution in [0.15, 0.2) is 18.2 Å². The van der Waals surface area contributed by atoms with Gasteiger partial charge >= 0.3 is 6.36 Å². The van der Waals surface area contributed by atoms with E-state index in [2.05, 4.69) is 4.74 Å². The Morgan fingerprint density at radius 1 is 1.41 bits per heavy atom. The van der Waals surface area contributed by atoms with Crippen molar-refractivity contribution >= 4 is 29.0 Å². The number of ether oxygens (including phenoxy) is 1. The zero-order chi connectivity index (χ0) is 13.2. The van der Waals surface area contributed by atoms with Crippen molar-refractivity contribution in [1.82, 2.24) is 0 Å². The molecule has 2 nitrogen and oxygen atoms in total. The van der Waals surface area contributed by atoms with Gasteiger partial charge in [-0.3, -0.25) is 4.79 Å². The second kappa shape index (κ2) is 5.14. The number of carbonyl (C=O) groups is 1. The van der Waals surface area contributed by atoms with E-state index in [1.165, 1.54) is 19.1 Å². The fraction of sp³-hybridized carbons (Fsp3) is 0.300. The van der Waals surface area contributed by atoms with Crippen LogP contribution in [0.4, 0.5) is 13.2 Å². The average molecular weight is 287 g/mol. The molecule has 0 heterocycles. The van der Waals surface area contributed by atoms with E-state index in [4.69, 9.17) is 23.2 Å². The zero-order valence-electron chi connectivity index (χ0n) is 8.52. The van der Waals surface area contributed by atoms with Crippen molar-refractivity contribution in [3.8, 4) is 5.75 Å². The molecule has 0 aliphatic rings. The number of carbonyl (C=O) groups excluding carboxylic acids is 1. The molecular formula is C10H7Cl2F3O2. The fourth-order valence-electron chi connectivity index (χ4n) is 1.15. The molecule has 0 bridgehead atoms. The molecule has 0 aromatic heterocycles. The molecule has 0 saturated carbocycles. The summed E-state index contributed by atoms with van der Waals surface area (Å²) in [6.07, 6.45) is -4.89. The summed E-state index contributed by atoms with van der Waals surface area (Å²) in [5.41, 5.74) is -0.367. The summed E-state index contributed by atoms with van der Waals surface area (Å²) in [7, 11) is 0. The molecule has 1 unspecified atom stereocenters. The maximum absolute atomic E-state index is 12.1. The van der Waals surface area contributed by atoms with Gasteiger partial charge in [0.25, 0.3) is 0 Å². The Kier molecular flexibility index (Phi) is 4.27. The van der Waals surface area contributed by atoms with Crippen molar-refractivity contribution in [2.24, 2.45) is 0 Å². The third kappa shape index (κ3) is 3.78. The molecule has 0 saturated heterocycles. The number of ketones is 1. The predicted molar refractivity (Wildman–Crippen MR) is 57.8 cm³/mol. The summed E-state index contributed by atoms with van der Waals surface area (Å²) in [6, 6.07) is 3.54. The lowest BCUT2D eigenvalue weighted by Crippen LogP contribution is -2.20. The van der Waals surface area contributed by atoms with Gasteiger partial charge in [0, 0.05) is 0 Å². The summed E-state index contributed by atoms with van der Waals surface area (Å²) >= 11 is 11.2. The number of hydrogen-bond acceptors (Lipinski definition) is 2. The minimum Gasteiger partial charge on any atom is -0.405 e. The van der Waals surface area contributed by atoms with Gasteiger partial charge in [-0.2, -0.15) is 0 Å². The molecule has 94 valence electrons. The Hall–Kier alpha value is -0.940. The van der Waals surface area contributed by atoms with Crippen LogP contribution in [0.25, 0.3) is 0 Å². The maximum Gasteiger partial charge on any atom is 0.573 e. The second-order valence-corrected chi connectivity index (χ2v) is 4.20. The van der Waals surface area contributed by atoms with E-state index in [9.17, 15) is 18.0 Å². The maximum atomic E-state index is 12.1. The van der Waals surface area contributed by atoms with Crippen molar-refractivity contribution in [3.05, 3.63) is 28.8 Å². The zero-order valence-corrected chi connectivity index (χ0v) is 10.0. The minimum atomic E-state index is -4.89.